The largest absolute Gasteiger partial charge is 0.484 e. The first-order valence-corrected chi connectivity index (χ1v) is 9.71. The van der Waals surface area contributed by atoms with Crippen LogP contribution < -0.4 is 9.64 Å². The number of rotatable bonds is 4. The first-order chi connectivity index (χ1) is 14.2. The summed E-state index contributed by atoms with van der Waals surface area (Å²) in [5.41, 5.74) is 1.86. The monoisotopic (exact) mass is 394 g/mol. The molecule has 2 saturated heterocycles. The normalized spacial score (nSPS) is 22.3. The molecule has 2 atom stereocenters. The van der Waals surface area contributed by atoms with Crippen molar-refractivity contribution in [3.05, 3.63) is 54.4 Å². The fraction of sp³-hybridized carbons (Fsp3) is 0.381. The summed E-state index contributed by atoms with van der Waals surface area (Å²) in [6, 6.07) is 13.6. The van der Waals surface area contributed by atoms with Gasteiger partial charge in [0.25, 0.3) is 11.8 Å². The van der Waals surface area contributed by atoms with Crippen LogP contribution in [0.5, 0.6) is 5.75 Å². The first-order valence-electron chi connectivity index (χ1n) is 9.71. The molecule has 0 aliphatic carbocycles. The topological polar surface area (TPSA) is 82.7 Å². The number of benzene rings is 1. The van der Waals surface area contributed by atoms with E-state index in [4.69, 9.17) is 18.7 Å². The Morgan fingerprint density at radius 3 is 2.45 bits per heavy atom. The molecule has 0 radical (unpaired) electrons. The third-order valence-electron chi connectivity index (χ3n) is 5.11. The second kappa shape index (κ2) is 7.81. The van der Waals surface area contributed by atoms with Crippen LogP contribution in [0.4, 0.5) is 5.95 Å². The van der Waals surface area contributed by atoms with Crippen LogP contribution in [0.2, 0.25) is 0 Å². The van der Waals surface area contributed by atoms with Crippen LogP contribution in [0, 0.1) is 6.92 Å². The average Bonchev–Trinajstić information content (AvgIpc) is 3.36. The molecule has 0 amide bonds. The summed E-state index contributed by atoms with van der Waals surface area (Å²) in [5, 5.41) is 4.13. The Kier molecular flexibility index (Phi) is 4.87. The minimum Gasteiger partial charge on any atom is -0.484 e. The highest BCUT2D eigenvalue weighted by Crippen LogP contribution is 2.27. The molecule has 2 aliphatic heterocycles. The van der Waals surface area contributed by atoms with E-state index < -0.39 is 0 Å². The molecule has 0 N–H and O–H groups in total. The number of fused-ring (bicyclic) bond motifs is 1. The van der Waals surface area contributed by atoms with E-state index in [0.29, 0.717) is 38.1 Å². The minimum absolute atomic E-state index is 0.0570. The predicted octanol–water partition coefficient (Wildman–Crippen LogP) is 2.49. The van der Waals surface area contributed by atoms with Crippen LogP contribution in [0.15, 0.2) is 53.2 Å². The minimum atomic E-state index is -0.159. The Bertz CT molecular complexity index is 931. The van der Waals surface area contributed by atoms with Crippen LogP contribution in [0.1, 0.15) is 5.69 Å². The molecule has 8 heteroatoms. The van der Waals surface area contributed by atoms with Gasteiger partial charge in [-0.25, -0.2) is 0 Å². The SMILES string of the molecule is Cc1ccc(OC2CO[C@H]3CN(c4noc(-c5ccccc5)n4)C[C@@H]3OC2)cn1. The van der Waals surface area contributed by atoms with Gasteiger partial charge in [-0.2, -0.15) is 4.98 Å². The predicted molar refractivity (Wildman–Crippen MR) is 105 cm³/mol. The van der Waals surface area contributed by atoms with Crippen LogP contribution in [0.25, 0.3) is 11.5 Å². The van der Waals surface area contributed by atoms with Gasteiger partial charge >= 0.3 is 0 Å². The number of aryl methyl sites for hydroxylation is 1. The van der Waals surface area contributed by atoms with E-state index in [0.717, 1.165) is 17.0 Å². The first kappa shape index (κ1) is 18.1. The van der Waals surface area contributed by atoms with Gasteiger partial charge in [-0.05, 0) is 36.3 Å². The molecule has 150 valence electrons. The lowest BCUT2D eigenvalue weighted by molar-refractivity contribution is -0.00461. The van der Waals surface area contributed by atoms with E-state index in [1.807, 2.05) is 54.3 Å². The standard InChI is InChI=1S/C21H22N4O4/c1-14-7-8-16(9-22-14)28-17-12-26-18-10-25(11-19(18)27-13-17)21-23-20(29-24-21)15-5-3-2-4-6-15/h2-9,17-19H,10-13H2,1H3/t18-,19-/m0/s1. The molecule has 0 spiro atoms. The van der Waals surface area contributed by atoms with E-state index >= 15 is 0 Å². The van der Waals surface area contributed by atoms with Gasteiger partial charge in [0, 0.05) is 24.3 Å². The van der Waals surface area contributed by atoms with Crippen molar-refractivity contribution in [2.75, 3.05) is 31.2 Å². The molecule has 1 aromatic carbocycles. The van der Waals surface area contributed by atoms with E-state index in [-0.39, 0.29) is 18.3 Å². The van der Waals surface area contributed by atoms with Gasteiger partial charge in [-0.15, -0.1) is 0 Å². The van der Waals surface area contributed by atoms with Crippen molar-refractivity contribution in [2.24, 2.45) is 0 Å². The lowest BCUT2D eigenvalue weighted by atomic mass is 10.2. The molecule has 29 heavy (non-hydrogen) atoms. The Labute approximate surface area is 168 Å². The summed E-state index contributed by atoms with van der Waals surface area (Å²) in [5.74, 6) is 1.79. The second-order valence-electron chi connectivity index (χ2n) is 7.29. The van der Waals surface area contributed by atoms with Crippen molar-refractivity contribution >= 4 is 5.95 Å². The number of hydrogen-bond acceptors (Lipinski definition) is 8. The summed E-state index contributed by atoms with van der Waals surface area (Å²) in [6.07, 6.45) is 1.45. The summed E-state index contributed by atoms with van der Waals surface area (Å²) in [6.45, 7) is 4.17. The maximum atomic E-state index is 6.08. The molecule has 0 saturated carbocycles. The number of nitrogens with zero attached hydrogens (tertiary/aromatic N) is 4. The van der Waals surface area contributed by atoms with Gasteiger partial charge in [0.2, 0.25) is 0 Å². The highest BCUT2D eigenvalue weighted by molar-refractivity contribution is 5.54. The Morgan fingerprint density at radius 1 is 1.00 bits per heavy atom. The fourth-order valence-corrected chi connectivity index (χ4v) is 3.56. The molecular weight excluding hydrogens is 372 g/mol. The zero-order chi connectivity index (χ0) is 19.6. The Morgan fingerprint density at radius 2 is 1.76 bits per heavy atom. The van der Waals surface area contributed by atoms with Gasteiger partial charge in [0.1, 0.15) is 24.1 Å². The number of ether oxygens (including phenoxy) is 3. The Hall–Kier alpha value is -2.97. The molecule has 2 aromatic heterocycles. The molecule has 4 heterocycles. The van der Waals surface area contributed by atoms with Crippen molar-refractivity contribution in [3.8, 4) is 17.2 Å². The van der Waals surface area contributed by atoms with Crippen molar-refractivity contribution < 1.29 is 18.7 Å². The highest BCUT2D eigenvalue weighted by atomic mass is 16.6. The summed E-state index contributed by atoms with van der Waals surface area (Å²) in [7, 11) is 0. The quantitative estimate of drug-likeness (QED) is 0.668. The van der Waals surface area contributed by atoms with Crippen molar-refractivity contribution in [3.63, 3.8) is 0 Å². The molecular formula is C21H22N4O4. The number of anilines is 1. The Balaban J connectivity index is 1.20. The van der Waals surface area contributed by atoms with E-state index in [9.17, 15) is 0 Å². The van der Waals surface area contributed by atoms with Gasteiger partial charge < -0.3 is 23.6 Å². The fourth-order valence-electron chi connectivity index (χ4n) is 3.56. The van der Waals surface area contributed by atoms with Crippen LogP contribution in [0.3, 0.4) is 0 Å². The third-order valence-corrected chi connectivity index (χ3v) is 5.11. The van der Waals surface area contributed by atoms with Crippen LogP contribution in [-0.4, -0.2) is 59.7 Å². The molecule has 0 bridgehead atoms. The van der Waals surface area contributed by atoms with Crippen molar-refractivity contribution in [1.82, 2.24) is 15.1 Å². The van der Waals surface area contributed by atoms with Gasteiger partial charge in [-0.1, -0.05) is 18.2 Å². The van der Waals surface area contributed by atoms with Gasteiger partial charge in [0.05, 0.1) is 19.4 Å². The number of pyridine rings is 1. The van der Waals surface area contributed by atoms with E-state index in [1.165, 1.54) is 0 Å². The second-order valence-corrected chi connectivity index (χ2v) is 7.29. The van der Waals surface area contributed by atoms with Crippen molar-refractivity contribution in [1.29, 1.82) is 0 Å². The maximum Gasteiger partial charge on any atom is 0.266 e. The number of hydrogen-bond donors (Lipinski definition) is 0. The highest BCUT2D eigenvalue weighted by Gasteiger charge is 2.39. The van der Waals surface area contributed by atoms with E-state index in [2.05, 4.69) is 15.1 Å². The molecule has 8 nitrogen and oxygen atoms in total. The molecule has 3 aromatic rings. The third kappa shape index (κ3) is 3.94. The lowest BCUT2D eigenvalue weighted by Crippen LogP contribution is -2.30. The molecule has 5 rings (SSSR count). The van der Waals surface area contributed by atoms with E-state index in [1.54, 1.807) is 6.20 Å². The smallest absolute Gasteiger partial charge is 0.266 e. The molecule has 2 aliphatic rings. The maximum absolute atomic E-state index is 6.08. The molecule has 2 fully saturated rings. The summed E-state index contributed by atoms with van der Waals surface area (Å²) < 4.78 is 23.5. The summed E-state index contributed by atoms with van der Waals surface area (Å²) in [4.78, 5) is 10.8. The van der Waals surface area contributed by atoms with Gasteiger partial charge in [0.15, 0.2) is 0 Å². The van der Waals surface area contributed by atoms with Gasteiger partial charge in [-0.3, -0.25) is 4.98 Å². The zero-order valence-corrected chi connectivity index (χ0v) is 16.1. The van der Waals surface area contributed by atoms with Crippen LogP contribution in [-0.2, 0) is 9.47 Å². The lowest BCUT2D eigenvalue weighted by Gasteiger charge is -2.18. The summed E-state index contributed by atoms with van der Waals surface area (Å²) >= 11 is 0. The van der Waals surface area contributed by atoms with Crippen LogP contribution >= 0.6 is 0 Å². The van der Waals surface area contributed by atoms with Crippen molar-refractivity contribution in [2.45, 2.75) is 25.2 Å². The molecule has 0 unspecified atom stereocenters. The average molecular weight is 394 g/mol. The zero-order valence-electron chi connectivity index (χ0n) is 16.1. The number of aromatic nitrogens is 3.